The number of nitrogens with zero attached hydrogens (tertiary/aromatic N) is 2. The number of pyridine rings is 1. The number of carbonyl (C=O) groups is 3. The summed E-state index contributed by atoms with van der Waals surface area (Å²) in [4.78, 5) is 39.8. The van der Waals surface area contributed by atoms with Crippen LogP contribution < -0.4 is 10.6 Å². The summed E-state index contributed by atoms with van der Waals surface area (Å²) in [7, 11) is 0. The molecule has 1 atom stereocenters. The Morgan fingerprint density at radius 3 is 2.93 bits per heavy atom. The number of aromatic nitrogens is 1. The molecule has 9 nitrogen and oxygen atoms in total. The average Bonchev–Trinajstić information content (AvgIpc) is 3.07. The second kappa shape index (κ2) is 9.16. The highest BCUT2D eigenvalue weighted by Crippen LogP contribution is 2.41. The Labute approximate surface area is 170 Å². The van der Waals surface area contributed by atoms with E-state index in [4.69, 9.17) is 9.84 Å². The number of fused-ring (bicyclic) bond motifs is 1. The predicted octanol–water partition coefficient (Wildman–Crippen LogP) is 1.80. The first-order chi connectivity index (χ1) is 14.0. The van der Waals surface area contributed by atoms with Crippen LogP contribution in [0, 0.1) is 17.2 Å². The number of carboxylic acid groups (broad SMARTS) is 1. The Kier molecular flexibility index (Phi) is 6.41. The van der Waals surface area contributed by atoms with Gasteiger partial charge >= 0.3 is 11.9 Å². The summed E-state index contributed by atoms with van der Waals surface area (Å²) in [5, 5.41) is 24.3. The number of amides is 1. The van der Waals surface area contributed by atoms with Gasteiger partial charge in [0.25, 0.3) is 0 Å². The molecule has 2 aromatic heterocycles. The van der Waals surface area contributed by atoms with Crippen LogP contribution in [0.5, 0.6) is 0 Å². The largest absolute Gasteiger partial charge is 0.479 e. The first-order valence-electron chi connectivity index (χ1n) is 8.85. The van der Waals surface area contributed by atoms with Crippen molar-refractivity contribution in [3.05, 3.63) is 40.5 Å². The molecule has 2 aromatic rings. The number of aliphatic carboxylic acids is 1. The van der Waals surface area contributed by atoms with Gasteiger partial charge in [0.1, 0.15) is 16.6 Å². The first kappa shape index (κ1) is 20.3. The van der Waals surface area contributed by atoms with Crippen molar-refractivity contribution in [1.29, 1.82) is 5.26 Å². The van der Waals surface area contributed by atoms with Crippen molar-refractivity contribution in [2.24, 2.45) is 5.92 Å². The minimum absolute atomic E-state index is 0.224. The molecule has 0 bridgehead atoms. The fourth-order valence-corrected chi connectivity index (χ4v) is 4.14. The standard InChI is InChI=1S/C19H18N4O5S/c20-8-13-17-14(7-11(9-22-17)19(27)28-10-16(25)26)29-18(13)23-15(24)5-4-12-3-1-2-6-21-12/h1-3,6,11,22H,4-5,7,9-10H2,(H,23,24)(H,25,26). The number of esters is 1. The average molecular weight is 414 g/mol. The number of anilines is 2. The van der Waals surface area contributed by atoms with Gasteiger partial charge in [-0.25, -0.2) is 4.79 Å². The van der Waals surface area contributed by atoms with Gasteiger partial charge in [0.2, 0.25) is 5.91 Å². The van der Waals surface area contributed by atoms with Gasteiger partial charge in [-0.05, 0) is 25.0 Å². The van der Waals surface area contributed by atoms with Gasteiger partial charge < -0.3 is 20.5 Å². The zero-order valence-corrected chi connectivity index (χ0v) is 16.1. The molecule has 0 saturated heterocycles. The van der Waals surface area contributed by atoms with Crippen molar-refractivity contribution in [3.63, 3.8) is 0 Å². The Morgan fingerprint density at radius 1 is 1.41 bits per heavy atom. The molecule has 0 fully saturated rings. The maximum absolute atomic E-state index is 12.3. The molecule has 3 rings (SSSR count). The van der Waals surface area contributed by atoms with E-state index in [1.54, 1.807) is 12.3 Å². The lowest BCUT2D eigenvalue weighted by atomic mass is 9.99. The normalized spacial score (nSPS) is 14.8. The second-order valence-corrected chi connectivity index (χ2v) is 7.47. The quantitative estimate of drug-likeness (QED) is 0.582. The molecule has 1 unspecified atom stereocenters. The van der Waals surface area contributed by atoms with E-state index >= 15 is 0 Å². The van der Waals surface area contributed by atoms with Crippen LogP contribution in [0.2, 0.25) is 0 Å². The van der Waals surface area contributed by atoms with Gasteiger partial charge in [-0.2, -0.15) is 5.26 Å². The van der Waals surface area contributed by atoms with Crippen LogP contribution in [-0.2, 0) is 32.0 Å². The Balaban J connectivity index is 1.64. The van der Waals surface area contributed by atoms with E-state index in [0.717, 1.165) is 10.6 Å². The Bertz CT molecular complexity index is 967. The monoisotopic (exact) mass is 414 g/mol. The highest BCUT2D eigenvalue weighted by atomic mass is 32.1. The summed E-state index contributed by atoms with van der Waals surface area (Å²) in [6.07, 6.45) is 2.68. The highest BCUT2D eigenvalue weighted by molar-refractivity contribution is 7.17. The van der Waals surface area contributed by atoms with Gasteiger partial charge in [0.15, 0.2) is 6.61 Å². The van der Waals surface area contributed by atoms with E-state index in [9.17, 15) is 19.6 Å². The third-order valence-corrected chi connectivity index (χ3v) is 5.44. The molecule has 1 aliphatic heterocycles. The summed E-state index contributed by atoms with van der Waals surface area (Å²) in [6, 6.07) is 7.59. The fourth-order valence-electron chi connectivity index (χ4n) is 2.92. The van der Waals surface area contributed by atoms with Crippen molar-refractivity contribution < 1.29 is 24.2 Å². The number of hydrogen-bond donors (Lipinski definition) is 3. The van der Waals surface area contributed by atoms with E-state index < -0.39 is 24.5 Å². The summed E-state index contributed by atoms with van der Waals surface area (Å²) >= 11 is 1.23. The second-order valence-electron chi connectivity index (χ2n) is 6.37. The third kappa shape index (κ3) is 5.08. The van der Waals surface area contributed by atoms with Crippen LogP contribution in [0.3, 0.4) is 0 Å². The van der Waals surface area contributed by atoms with Crippen molar-refractivity contribution in [2.45, 2.75) is 19.3 Å². The number of aryl methyl sites for hydroxylation is 1. The van der Waals surface area contributed by atoms with Crippen LogP contribution in [0.4, 0.5) is 10.7 Å². The smallest absolute Gasteiger partial charge is 0.341 e. The summed E-state index contributed by atoms with van der Waals surface area (Å²) < 4.78 is 4.75. The molecule has 0 aliphatic carbocycles. The van der Waals surface area contributed by atoms with Crippen LogP contribution in [0.15, 0.2) is 24.4 Å². The van der Waals surface area contributed by atoms with E-state index in [1.165, 1.54) is 11.3 Å². The number of nitriles is 1. The molecule has 10 heteroatoms. The highest BCUT2D eigenvalue weighted by Gasteiger charge is 2.31. The minimum atomic E-state index is -1.22. The molecule has 0 spiro atoms. The maximum Gasteiger partial charge on any atom is 0.341 e. The fraction of sp³-hybridized carbons (Fsp3) is 0.316. The van der Waals surface area contributed by atoms with Gasteiger partial charge in [0, 0.05) is 29.7 Å². The van der Waals surface area contributed by atoms with Crippen molar-refractivity contribution >= 4 is 39.9 Å². The minimum Gasteiger partial charge on any atom is -0.479 e. The van der Waals surface area contributed by atoms with Crippen LogP contribution in [0.25, 0.3) is 0 Å². The molecule has 1 amide bonds. The van der Waals surface area contributed by atoms with Crippen LogP contribution in [0.1, 0.15) is 22.6 Å². The predicted molar refractivity (Wildman–Crippen MR) is 105 cm³/mol. The molecule has 29 heavy (non-hydrogen) atoms. The van der Waals surface area contributed by atoms with Gasteiger partial charge in [-0.1, -0.05) is 6.07 Å². The molecule has 0 aromatic carbocycles. The maximum atomic E-state index is 12.3. The molecule has 0 saturated carbocycles. The zero-order chi connectivity index (χ0) is 20.8. The lowest BCUT2D eigenvalue weighted by molar-refractivity contribution is -0.157. The zero-order valence-electron chi connectivity index (χ0n) is 15.3. The van der Waals surface area contributed by atoms with Crippen LogP contribution in [-0.4, -0.2) is 41.1 Å². The summed E-state index contributed by atoms with van der Waals surface area (Å²) in [5.41, 5.74) is 1.73. The molecular weight excluding hydrogens is 396 g/mol. The third-order valence-electron chi connectivity index (χ3n) is 4.31. The van der Waals surface area contributed by atoms with Gasteiger partial charge in [-0.3, -0.25) is 14.6 Å². The summed E-state index contributed by atoms with van der Waals surface area (Å²) in [5.74, 6) is -2.62. The van der Waals surface area contributed by atoms with Gasteiger partial charge in [-0.15, -0.1) is 11.3 Å². The number of thiophene rings is 1. The molecule has 150 valence electrons. The van der Waals surface area contributed by atoms with E-state index in [1.807, 2.05) is 12.1 Å². The van der Waals surface area contributed by atoms with E-state index in [-0.39, 0.29) is 18.9 Å². The Morgan fingerprint density at radius 2 is 2.24 bits per heavy atom. The number of carboxylic acids is 1. The molecule has 0 radical (unpaired) electrons. The van der Waals surface area contributed by atoms with E-state index in [2.05, 4.69) is 21.7 Å². The van der Waals surface area contributed by atoms with Crippen molar-refractivity contribution in [1.82, 2.24) is 4.98 Å². The van der Waals surface area contributed by atoms with Crippen molar-refractivity contribution in [2.75, 3.05) is 23.8 Å². The summed E-state index contributed by atoms with van der Waals surface area (Å²) in [6.45, 7) is -0.461. The number of rotatable bonds is 7. The number of hydrogen-bond acceptors (Lipinski definition) is 8. The Hall–Kier alpha value is -3.45. The number of carbonyl (C=O) groups excluding carboxylic acids is 2. The van der Waals surface area contributed by atoms with Crippen molar-refractivity contribution in [3.8, 4) is 6.07 Å². The number of ether oxygens (including phenoxy) is 1. The number of nitrogens with one attached hydrogen (secondary N) is 2. The first-order valence-corrected chi connectivity index (χ1v) is 9.67. The molecule has 1 aliphatic rings. The SMILES string of the molecule is N#Cc1c(NC(=O)CCc2ccccn2)sc2c1NCC(C(=O)OCC(=O)O)C2. The van der Waals surface area contributed by atoms with E-state index in [0.29, 0.717) is 29.1 Å². The molecule has 3 heterocycles. The lowest BCUT2D eigenvalue weighted by Gasteiger charge is -2.22. The topological polar surface area (TPSA) is 141 Å². The molecule has 3 N–H and O–H groups in total. The van der Waals surface area contributed by atoms with Gasteiger partial charge in [0.05, 0.1) is 11.6 Å². The van der Waals surface area contributed by atoms with Crippen LogP contribution >= 0.6 is 11.3 Å². The molecular formula is C19H18N4O5S. The lowest BCUT2D eigenvalue weighted by Crippen LogP contribution is -2.31.